The third-order valence-corrected chi connectivity index (χ3v) is 6.34. The van der Waals surface area contributed by atoms with E-state index in [2.05, 4.69) is 25.2 Å². The van der Waals surface area contributed by atoms with Crippen molar-refractivity contribution in [1.29, 1.82) is 0 Å². The molecule has 4 rings (SSSR count). The monoisotopic (exact) mass is 426 g/mol. The van der Waals surface area contributed by atoms with Crippen molar-refractivity contribution in [1.82, 2.24) is 5.32 Å². The first kappa shape index (κ1) is 21.8. The molecule has 0 aromatic heterocycles. The molecule has 1 atom stereocenters. The largest absolute Gasteiger partial charge is 0.350 e. The van der Waals surface area contributed by atoms with E-state index in [1.54, 1.807) is 4.90 Å². The van der Waals surface area contributed by atoms with Crippen LogP contribution in [0.25, 0.3) is 0 Å². The summed E-state index contributed by atoms with van der Waals surface area (Å²) in [4.78, 5) is 29.0. The maximum atomic E-state index is 13.7. The van der Waals surface area contributed by atoms with Crippen molar-refractivity contribution in [3.63, 3.8) is 0 Å². The number of nitrogens with zero attached hydrogens (tertiary/aromatic N) is 1. The summed E-state index contributed by atoms with van der Waals surface area (Å²) in [6, 6.07) is 23.7. The van der Waals surface area contributed by atoms with Crippen LogP contribution in [0.3, 0.4) is 0 Å². The van der Waals surface area contributed by atoms with Gasteiger partial charge >= 0.3 is 0 Å². The van der Waals surface area contributed by atoms with Gasteiger partial charge in [0, 0.05) is 24.2 Å². The molecule has 1 aliphatic rings. The highest BCUT2D eigenvalue weighted by Crippen LogP contribution is 2.36. The van der Waals surface area contributed by atoms with Gasteiger partial charge in [0.1, 0.15) is 5.54 Å². The lowest BCUT2D eigenvalue weighted by Gasteiger charge is -2.44. The van der Waals surface area contributed by atoms with Gasteiger partial charge < -0.3 is 5.32 Å². The summed E-state index contributed by atoms with van der Waals surface area (Å²) in [5, 5.41) is 3.08. The Morgan fingerprint density at radius 2 is 1.75 bits per heavy atom. The summed E-state index contributed by atoms with van der Waals surface area (Å²) in [5.74, 6) is 0.0281. The Kier molecular flexibility index (Phi) is 5.88. The molecule has 0 saturated carbocycles. The van der Waals surface area contributed by atoms with E-state index < -0.39 is 5.54 Å². The van der Waals surface area contributed by atoms with Crippen LogP contribution < -0.4 is 10.2 Å². The lowest BCUT2D eigenvalue weighted by molar-refractivity contribution is -0.126. The minimum absolute atomic E-state index is 0.138. The minimum atomic E-state index is -1.04. The number of rotatable bonds is 5. The molecule has 3 aromatic carbocycles. The van der Waals surface area contributed by atoms with Crippen molar-refractivity contribution >= 4 is 17.5 Å². The van der Waals surface area contributed by atoms with Crippen LogP contribution >= 0.6 is 0 Å². The first-order valence-corrected chi connectivity index (χ1v) is 11.2. The average Bonchev–Trinajstić information content (AvgIpc) is 2.78. The molecular formula is C28H30N2O2. The van der Waals surface area contributed by atoms with Crippen molar-refractivity contribution in [3.05, 3.63) is 101 Å². The number of amides is 2. The smallest absolute Gasteiger partial charge is 0.259 e. The molecule has 0 spiro atoms. The second-order valence-corrected chi connectivity index (χ2v) is 9.17. The molecule has 2 amide bonds. The van der Waals surface area contributed by atoms with E-state index >= 15 is 0 Å². The Balaban J connectivity index is 1.72. The van der Waals surface area contributed by atoms with Crippen LogP contribution in [0.15, 0.2) is 72.8 Å². The van der Waals surface area contributed by atoms with Crippen LogP contribution in [-0.4, -0.2) is 17.4 Å². The van der Waals surface area contributed by atoms with Gasteiger partial charge in [0.15, 0.2) is 0 Å². The van der Waals surface area contributed by atoms with E-state index in [4.69, 9.17) is 0 Å². The Hall–Kier alpha value is -3.40. The molecule has 0 radical (unpaired) electrons. The first-order valence-electron chi connectivity index (χ1n) is 11.2. The molecule has 4 heteroatoms. The molecule has 0 bridgehead atoms. The summed E-state index contributed by atoms with van der Waals surface area (Å²) in [5.41, 5.74) is 4.63. The highest BCUT2D eigenvalue weighted by Gasteiger charge is 2.47. The second kappa shape index (κ2) is 8.62. The maximum Gasteiger partial charge on any atom is 0.259 e. The van der Waals surface area contributed by atoms with Crippen LogP contribution in [0, 0.1) is 6.92 Å². The number of nitrogens with one attached hydrogen (secondary N) is 1. The van der Waals surface area contributed by atoms with Crippen molar-refractivity contribution in [3.8, 4) is 0 Å². The fourth-order valence-electron chi connectivity index (χ4n) is 4.36. The third-order valence-electron chi connectivity index (χ3n) is 6.34. The van der Waals surface area contributed by atoms with E-state index in [9.17, 15) is 9.59 Å². The van der Waals surface area contributed by atoms with Gasteiger partial charge in [-0.05, 0) is 54.7 Å². The minimum Gasteiger partial charge on any atom is -0.350 e. The van der Waals surface area contributed by atoms with Crippen LogP contribution in [-0.2, 0) is 17.8 Å². The Morgan fingerprint density at radius 1 is 1.03 bits per heavy atom. The van der Waals surface area contributed by atoms with Crippen molar-refractivity contribution in [2.24, 2.45) is 0 Å². The van der Waals surface area contributed by atoms with E-state index in [-0.39, 0.29) is 11.8 Å². The highest BCUT2D eigenvalue weighted by molar-refractivity contribution is 6.14. The topological polar surface area (TPSA) is 49.4 Å². The number of hydrogen-bond acceptors (Lipinski definition) is 2. The summed E-state index contributed by atoms with van der Waals surface area (Å²) in [6.45, 7) is 8.58. The lowest BCUT2D eigenvalue weighted by atomic mass is 9.82. The first-order chi connectivity index (χ1) is 15.3. The van der Waals surface area contributed by atoms with Gasteiger partial charge in [0.2, 0.25) is 5.91 Å². The predicted molar refractivity (Wildman–Crippen MR) is 129 cm³/mol. The number of aryl methyl sites for hydroxylation is 1. The van der Waals surface area contributed by atoms with Crippen LogP contribution in [0.2, 0.25) is 0 Å². The Labute approximate surface area is 190 Å². The summed E-state index contributed by atoms with van der Waals surface area (Å²) < 4.78 is 0. The van der Waals surface area contributed by atoms with Gasteiger partial charge in [0.25, 0.3) is 5.91 Å². The molecule has 0 saturated heterocycles. The van der Waals surface area contributed by atoms with Crippen LogP contribution in [0.5, 0.6) is 0 Å². The molecule has 1 aliphatic heterocycles. The van der Waals surface area contributed by atoms with Gasteiger partial charge in [-0.15, -0.1) is 0 Å². The number of benzene rings is 3. The molecule has 0 unspecified atom stereocenters. The van der Waals surface area contributed by atoms with Crippen molar-refractivity contribution in [2.75, 3.05) is 4.90 Å². The zero-order chi connectivity index (χ0) is 22.9. The zero-order valence-corrected chi connectivity index (χ0v) is 19.2. The molecular weight excluding hydrogens is 396 g/mol. The van der Waals surface area contributed by atoms with E-state index in [0.29, 0.717) is 24.4 Å². The summed E-state index contributed by atoms with van der Waals surface area (Å²) >= 11 is 0. The number of hydrogen-bond donors (Lipinski definition) is 1. The van der Waals surface area contributed by atoms with Gasteiger partial charge in [-0.25, -0.2) is 0 Å². The number of carbonyl (C=O) groups is 2. The standard InChI is InChI=1S/C28H30N2O2/c1-19(2)22-9-7-10-24(16-22)30-26(31)25-11-6-5-8-23(25)17-28(30,4)27(32)29-18-21-14-12-20(3)13-15-21/h5-16,19H,17-18H2,1-4H3,(H,29,32)/t28-/m1/s1. The molecule has 164 valence electrons. The van der Waals surface area contributed by atoms with Crippen LogP contribution in [0.4, 0.5) is 5.69 Å². The molecule has 0 fully saturated rings. The zero-order valence-electron chi connectivity index (χ0n) is 19.2. The normalized spacial score (nSPS) is 17.9. The van der Waals surface area contributed by atoms with Crippen molar-refractivity contribution in [2.45, 2.75) is 52.1 Å². The number of carbonyl (C=O) groups excluding carboxylic acids is 2. The predicted octanol–water partition coefficient (Wildman–Crippen LogP) is 5.40. The summed E-state index contributed by atoms with van der Waals surface area (Å²) in [7, 11) is 0. The molecule has 0 aliphatic carbocycles. The second-order valence-electron chi connectivity index (χ2n) is 9.17. The summed E-state index contributed by atoms with van der Waals surface area (Å²) in [6.07, 6.45) is 0.459. The van der Waals surface area contributed by atoms with Crippen molar-refractivity contribution < 1.29 is 9.59 Å². The molecule has 1 heterocycles. The maximum absolute atomic E-state index is 13.7. The van der Waals surface area contributed by atoms with E-state index in [0.717, 1.165) is 22.4 Å². The molecule has 32 heavy (non-hydrogen) atoms. The van der Waals surface area contributed by atoms with Crippen LogP contribution in [0.1, 0.15) is 59.3 Å². The average molecular weight is 427 g/mol. The number of anilines is 1. The Bertz CT molecular complexity index is 1150. The molecule has 3 aromatic rings. The Morgan fingerprint density at radius 3 is 2.47 bits per heavy atom. The molecule has 1 N–H and O–H groups in total. The quantitative estimate of drug-likeness (QED) is 0.594. The number of fused-ring (bicyclic) bond motifs is 1. The van der Waals surface area contributed by atoms with Gasteiger partial charge in [0.05, 0.1) is 0 Å². The van der Waals surface area contributed by atoms with E-state index in [1.165, 1.54) is 5.56 Å². The molecule has 4 nitrogen and oxygen atoms in total. The fourth-order valence-corrected chi connectivity index (χ4v) is 4.36. The lowest BCUT2D eigenvalue weighted by Crippen LogP contribution is -2.63. The highest BCUT2D eigenvalue weighted by atomic mass is 16.2. The SMILES string of the molecule is Cc1ccc(CNC(=O)[C@@]2(C)Cc3ccccc3C(=O)N2c2cccc(C(C)C)c2)cc1. The van der Waals surface area contributed by atoms with Gasteiger partial charge in [-0.3, -0.25) is 14.5 Å². The van der Waals surface area contributed by atoms with E-state index in [1.807, 2.05) is 80.6 Å². The van der Waals surface area contributed by atoms with Gasteiger partial charge in [-0.2, -0.15) is 0 Å². The fraction of sp³-hybridized carbons (Fsp3) is 0.286. The van der Waals surface area contributed by atoms with Gasteiger partial charge in [-0.1, -0.05) is 74.0 Å². The third kappa shape index (κ3) is 4.05.